The number of aromatic amines is 1. The number of nitrogens with one attached hydrogen (secondary N) is 3. The summed E-state index contributed by atoms with van der Waals surface area (Å²) in [5, 5.41) is 6.64. The summed E-state index contributed by atoms with van der Waals surface area (Å²) in [5.74, 6) is 0.879. The van der Waals surface area contributed by atoms with Gasteiger partial charge in [0.25, 0.3) is 5.91 Å². The standard InChI is InChI=1S/C25H31FN4O2.ClH/c1-14-22(25(31)30-18-7-5-17(27)6-8-18)24-19(10-11-28-24)23(29-14)20-12-16(26)4-9-21(20)32-13-15-2-3-15;/h4,9-12,15,17-18,23,28-29H,2-3,5-8,13,27H2,1H3,(H,30,31);1H. The van der Waals surface area contributed by atoms with E-state index >= 15 is 0 Å². The van der Waals surface area contributed by atoms with Crippen LogP contribution in [0.1, 0.15) is 68.3 Å². The van der Waals surface area contributed by atoms with Crippen molar-refractivity contribution in [2.24, 2.45) is 11.7 Å². The van der Waals surface area contributed by atoms with Crippen molar-refractivity contribution in [2.75, 3.05) is 6.61 Å². The number of carbonyl (C=O) groups excluding carboxylic acids is 1. The Kier molecular flexibility index (Phi) is 7.00. The lowest BCUT2D eigenvalue weighted by Gasteiger charge is -2.31. The predicted molar refractivity (Wildman–Crippen MR) is 129 cm³/mol. The quantitative estimate of drug-likeness (QED) is 0.505. The highest BCUT2D eigenvalue weighted by Crippen LogP contribution is 2.40. The van der Waals surface area contributed by atoms with Crippen molar-refractivity contribution in [3.63, 3.8) is 0 Å². The van der Waals surface area contributed by atoms with Gasteiger partial charge in [0.05, 0.1) is 23.9 Å². The number of allylic oxidation sites excluding steroid dienone is 1. The molecule has 178 valence electrons. The largest absolute Gasteiger partial charge is 0.493 e. The molecule has 2 aromatic rings. The maximum Gasteiger partial charge on any atom is 0.255 e. The van der Waals surface area contributed by atoms with Crippen LogP contribution in [0, 0.1) is 11.7 Å². The van der Waals surface area contributed by atoms with Gasteiger partial charge in [0.2, 0.25) is 0 Å². The molecule has 1 atom stereocenters. The monoisotopic (exact) mass is 474 g/mol. The molecule has 1 aromatic carbocycles. The van der Waals surface area contributed by atoms with E-state index in [1.165, 1.54) is 25.0 Å². The van der Waals surface area contributed by atoms with Gasteiger partial charge in [0.15, 0.2) is 0 Å². The molecule has 8 heteroatoms. The number of ether oxygens (including phenoxy) is 1. The van der Waals surface area contributed by atoms with Crippen LogP contribution in [0.3, 0.4) is 0 Å². The van der Waals surface area contributed by atoms with Crippen molar-refractivity contribution in [1.29, 1.82) is 0 Å². The number of hydrogen-bond donors (Lipinski definition) is 4. The van der Waals surface area contributed by atoms with E-state index in [1.54, 1.807) is 6.07 Å². The molecule has 0 radical (unpaired) electrons. The minimum absolute atomic E-state index is 0. The molecule has 0 spiro atoms. The summed E-state index contributed by atoms with van der Waals surface area (Å²) in [6.07, 6.45) is 7.87. The third-order valence-electron chi connectivity index (χ3n) is 6.86. The summed E-state index contributed by atoms with van der Waals surface area (Å²) >= 11 is 0. The number of amides is 1. The van der Waals surface area contributed by atoms with Crippen molar-refractivity contribution in [1.82, 2.24) is 15.6 Å². The van der Waals surface area contributed by atoms with Crippen LogP contribution in [0.2, 0.25) is 0 Å². The van der Waals surface area contributed by atoms with Crippen molar-refractivity contribution >= 4 is 23.9 Å². The van der Waals surface area contributed by atoms with Crippen LogP contribution in [0.5, 0.6) is 5.75 Å². The van der Waals surface area contributed by atoms with E-state index in [1.807, 2.05) is 19.2 Å². The minimum atomic E-state index is -0.307. The molecule has 1 aliphatic heterocycles. The fraction of sp³-hybridized carbons (Fsp3) is 0.480. The number of benzene rings is 1. The van der Waals surface area contributed by atoms with Gasteiger partial charge < -0.3 is 26.1 Å². The van der Waals surface area contributed by atoms with E-state index in [9.17, 15) is 9.18 Å². The Morgan fingerprint density at radius 3 is 2.64 bits per heavy atom. The zero-order valence-electron chi connectivity index (χ0n) is 18.8. The van der Waals surface area contributed by atoms with Crippen LogP contribution in [0.4, 0.5) is 4.39 Å². The second kappa shape index (κ2) is 9.77. The molecule has 1 aromatic heterocycles. The highest BCUT2D eigenvalue weighted by Gasteiger charge is 2.33. The van der Waals surface area contributed by atoms with E-state index in [0.29, 0.717) is 23.8 Å². The fourth-order valence-corrected chi connectivity index (χ4v) is 4.81. The third-order valence-corrected chi connectivity index (χ3v) is 6.86. The Morgan fingerprint density at radius 1 is 1.15 bits per heavy atom. The highest BCUT2D eigenvalue weighted by molar-refractivity contribution is 6.20. The molecule has 33 heavy (non-hydrogen) atoms. The summed E-state index contributed by atoms with van der Waals surface area (Å²) < 4.78 is 20.3. The lowest BCUT2D eigenvalue weighted by Crippen LogP contribution is -2.42. The molecular formula is C25H32ClFN4O2. The topological polar surface area (TPSA) is 92.2 Å². The molecule has 1 amide bonds. The molecule has 5 N–H and O–H groups in total. The average Bonchev–Trinajstić information content (AvgIpc) is 3.48. The number of hydrogen-bond acceptors (Lipinski definition) is 4. The second-order valence-electron chi connectivity index (χ2n) is 9.41. The van der Waals surface area contributed by atoms with Gasteiger partial charge in [0.1, 0.15) is 11.6 Å². The Labute approximate surface area is 199 Å². The van der Waals surface area contributed by atoms with Crippen LogP contribution in [0.25, 0.3) is 5.57 Å². The summed E-state index contributed by atoms with van der Waals surface area (Å²) in [7, 11) is 0. The Balaban J connectivity index is 0.00000259. The van der Waals surface area contributed by atoms with Gasteiger partial charge in [-0.25, -0.2) is 4.39 Å². The average molecular weight is 475 g/mol. The zero-order chi connectivity index (χ0) is 22.2. The van der Waals surface area contributed by atoms with Crippen LogP contribution in [-0.4, -0.2) is 29.6 Å². The van der Waals surface area contributed by atoms with Crippen molar-refractivity contribution < 1.29 is 13.9 Å². The SMILES string of the molecule is CC1=C(C(=O)NC2CCC(N)CC2)c2[nH]ccc2C(c2cc(F)ccc2OCC2CC2)N1.Cl. The van der Waals surface area contributed by atoms with E-state index in [0.717, 1.165) is 48.2 Å². The Hall–Kier alpha value is -2.51. The Morgan fingerprint density at radius 2 is 1.91 bits per heavy atom. The number of halogens is 2. The van der Waals surface area contributed by atoms with Crippen LogP contribution in [-0.2, 0) is 4.79 Å². The van der Waals surface area contributed by atoms with Gasteiger partial charge in [-0.1, -0.05) is 0 Å². The minimum Gasteiger partial charge on any atom is -0.493 e. The van der Waals surface area contributed by atoms with Crippen molar-refractivity contribution in [3.8, 4) is 5.75 Å². The maximum absolute atomic E-state index is 14.2. The van der Waals surface area contributed by atoms with Gasteiger partial charge in [-0.15, -0.1) is 12.4 Å². The predicted octanol–water partition coefficient (Wildman–Crippen LogP) is 4.17. The van der Waals surface area contributed by atoms with Crippen LogP contribution in [0.15, 0.2) is 36.2 Å². The maximum atomic E-state index is 14.2. The van der Waals surface area contributed by atoms with Crippen LogP contribution < -0.4 is 21.1 Å². The number of carbonyl (C=O) groups is 1. The molecule has 0 saturated heterocycles. The first-order valence-corrected chi connectivity index (χ1v) is 11.6. The molecule has 2 fully saturated rings. The molecule has 6 nitrogen and oxygen atoms in total. The number of rotatable bonds is 6. The lowest BCUT2D eigenvalue weighted by molar-refractivity contribution is -0.116. The van der Waals surface area contributed by atoms with E-state index in [-0.39, 0.29) is 42.3 Å². The normalized spacial score (nSPS) is 24.4. The molecule has 1 unspecified atom stereocenters. The first-order chi connectivity index (χ1) is 15.5. The number of H-pyrrole nitrogens is 1. The number of fused-ring (bicyclic) bond motifs is 1. The third kappa shape index (κ3) is 5.04. The lowest BCUT2D eigenvalue weighted by atomic mass is 9.89. The van der Waals surface area contributed by atoms with Gasteiger partial charge in [-0.3, -0.25) is 4.79 Å². The van der Waals surface area contributed by atoms with E-state index in [4.69, 9.17) is 10.5 Å². The summed E-state index contributed by atoms with van der Waals surface area (Å²) in [4.78, 5) is 16.5. The van der Waals surface area contributed by atoms with E-state index in [2.05, 4.69) is 15.6 Å². The van der Waals surface area contributed by atoms with Crippen molar-refractivity contribution in [3.05, 3.63) is 58.8 Å². The van der Waals surface area contributed by atoms with E-state index < -0.39 is 0 Å². The second-order valence-corrected chi connectivity index (χ2v) is 9.41. The smallest absolute Gasteiger partial charge is 0.255 e. The fourth-order valence-electron chi connectivity index (χ4n) is 4.81. The summed E-state index contributed by atoms with van der Waals surface area (Å²) in [5.41, 5.74) is 9.79. The van der Waals surface area contributed by atoms with Gasteiger partial charge in [-0.05, 0) is 75.6 Å². The first-order valence-electron chi connectivity index (χ1n) is 11.6. The molecule has 2 saturated carbocycles. The molecule has 5 rings (SSSR count). The number of nitrogens with two attached hydrogens (primary N) is 1. The summed E-state index contributed by atoms with van der Waals surface area (Å²) in [6.45, 7) is 2.55. The Bertz CT molecular complexity index is 1040. The molecule has 2 heterocycles. The van der Waals surface area contributed by atoms with Crippen LogP contribution >= 0.6 is 12.4 Å². The zero-order valence-corrected chi connectivity index (χ0v) is 19.6. The van der Waals surface area contributed by atoms with Gasteiger partial charge in [0, 0.05) is 35.1 Å². The summed E-state index contributed by atoms with van der Waals surface area (Å²) in [6, 6.07) is 6.69. The van der Waals surface area contributed by atoms with Crippen molar-refractivity contribution in [2.45, 2.75) is 63.6 Å². The molecule has 2 aliphatic carbocycles. The molecule has 3 aliphatic rings. The molecule has 0 bridgehead atoms. The van der Waals surface area contributed by atoms with Gasteiger partial charge >= 0.3 is 0 Å². The highest BCUT2D eigenvalue weighted by atomic mass is 35.5. The first kappa shape index (κ1) is 23.6. The molecular weight excluding hydrogens is 443 g/mol. The number of aromatic nitrogens is 1. The van der Waals surface area contributed by atoms with Gasteiger partial charge in [-0.2, -0.15) is 0 Å².